The van der Waals surface area contributed by atoms with Crippen LogP contribution in [0.15, 0.2) is 49.1 Å². The number of carbonyl (C=O) groups excluding carboxylic acids is 2. The van der Waals surface area contributed by atoms with Crippen LogP contribution >= 0.6 is 11.3 Å². The second-order valence-corrected chi connectivity index (χ2v) is 5.99. The van der Waals surface area contributed by atoms with Gasteiger partial charge in [-0.2, -0.15) is 0 Å². The molecule has 3 aromatic rings. The molecule has 0 bridgehead atoms. The first kappa shape index (κ1) is 16.5. The molecule has 2 amide bonds. The fraction of sp³-hybridized carbons (Fsp3) is 0.0625. The van der Waals surface area contributed by atoms with Crippen molar-refractivity contribution in [3.8, 4) is 0 Å². The Bertz CT molecular complexity index is 879. The lowest BCUT2D eigenvalue weighted by atomic mass is 10.2. The number of rotatable bonds is 5. The number of anilines is 4. The molecule has 126 valence electrons. The second-order valence-electron chi connectivity index (χ2n) is 4.96. The first-order valence-electron chi connectivity index (χ1n) is 7.28. The molecule has 0 saturated carbocycles. The molecule has 0 aliphatic rings. The van der Waals surface area contributed by atoms with Crippen molar-refractivity contribution < 1.29 is 9.59 Å². The summed E-state index contributed by atoms with van der Waals surface area (Å²) in [6, 6.07) is 8.56. The molecule has 0 atom stereocenters. The average Bonchev–Trinajstić information content (AvgIpc) is 3.06. The minimum absolute atomic E-state index is 0.148. The fourth-order valence-corrected chi connectivity index (χ4v) is 2.66. The van der Waals surface area contributed by atoms with E-state index in [9.17, 15) is 9.59 Å². The molecule has 3 N–H and O–H groups in total. The Morgan fingerprint density at radius 2 is 1.72 bits per heavy atom. The van der Waals surface area contributed by atoms with Crippen LogP contribution in [0.25, 0.3) is 0 Å². The van der Waals surface area contributed by atoms with Crippen LogP contribution in [0, 0.1) is 0 Å². The van der Waals surface area contributed by atoms with Gasteiger partial charge in [0.25, 0.3) is 5.91 Å². The number of hydrogen-bond acceptors (Lipinski definition) is 7. The van der Waals surface area contributed by atoms with Gasteiger partial charge in [-0.3, -0.25) is 9.59 Å². The van der Waals surface area contributed by atoms with Gasteiger partial charge in [0.15, 0.2) is 5.13 Å². The number of amides is 2. The van der Waals surface area contributed by atoms with Crippen LogP contribution in [0.2, 0.25) is 0 Å². The molecule has 0 saturated heterocycles. The molecule has 8 nitrogen and oxygen atoms in total. The zero-order valence-corrected chi connectivity index (χ0v) is 14.0. The molecule has 2 heterocycles. The third-order valence-corrected chi connectivity index (χ3v) is 3.92. The van der Waals surface area contributed by atoms with E-state index in [1.165, 1.54) is 30.8 Å². The van der Waals surface area contributed by atoms with Crippen molar-refractivity contribution in [2.45, 2.75) is 6.92 Å². The second kappa shape index (κ2) is 7.49. The number of carbonyl (C=O) groups is 2. The normalized spacial score (nSPS) is 10.1. The molecule has 2 aromatic heterocycles. The predicted octanol–water partition coefficient (Wildman–Crippen LogP) is 2.89. The molecule has 25 heavy (non-hydrogen) atoms. The maximum atomic E-state index is 12.3. The Morgan fingerprint density at radius 1 is 1.00 bits per heavy atom. The molecule has 1 aromatic carbocycles. The number of nitrogens with zero attached hydrogens (tertiary/aromatic N) is 3. The summed E-state index contributed by atoms with van der Waals surface area (Å²) in [5.41, 5.74) is 1.29. The highest BCUT2D eigenvalue weighted by Gasteiger charge is 2.11. The fourth-order valence-electron chi connectivity index (χ4n) is 1.94. The van der Waals surface area contributed by atoms with Crippen molar-refractivity contribution in [2.75, 3.05) is 16.0 Å². The molecule has 0 unspecified atom stereocenters. The van der Waals surface area contributed by atoms with Crippen LogP contribution in [-0.2, 0) is 4.79 Å². The van der Waals surface area contributed by atoms with Crippen LogP contribution in [0.1, 0.15) is 16.6 Å². The Hall–Kier alpha value is -3.33. The maximum absolute atomic E-state index is 12.3. The summed E-state index contributed by atoms with van der Waals surface area (Å²) in [6.45, 7) is 1.44. The predicted molar refractivity (Wildman–Crippen MR) is 96.1 cm³/mol. The van der Waals surface area contributed by atoms with Gasteiger partial charge < -0.3 is 16.0 Å². The van der Waals surface area contributed by atoms with Crippen LogP contribution < -0.4 is 16.0 Å². The lowest BCUT2D eigenvalue weighted by molar-refractivity contribution is -0.114. The summed E-state index contributed by atoms with van der Waals surface area (Å²) in [4.78, 5) is 35.8. The van der Waals surface area contributed by atoms with Crippen LogP contribution in [0.3, 0.4) is 0 Å². The van der Waals surface area contributed by atoms with Gasteiger partial charge >= 0.3 is 0 Å². The van der Waals surface area contributed by atoms with Crippen molar-refractivity contribution in [1.82, 2.24) is 15.0 Å². The average molecular weight is 354 g/mol. The lowest BCUT2D eigenvalue weighted by Crippen LogP contribution is -2.10. The monoisotopic (exact) mass is 354 g/mol. The van der Waals surface area contributed by atoms with Crippen molar-refractivity contribution in [1.29, 1.82) is 0 Å². The number of nitrogens with one attached hydrogen (secondary N) is 3. The molecule has 0 spiro atoms. The van der Waals surface area contributed by atoms with Gasteiger partial charge in [-0.25, -0.2) is 15.0 Å². The van der Waals surface area contributed by atoms with E-state index in [2.05, 4.69) is 30.9 Å². The third kappa shape index (κ3) is 4.58. The van der Waals surface area contributed by atoms with E-state index in [0.717, 1.165) is 0 Å². The van der Waals surface area contributed by atoms with Crippen molar-refractivity contribution in [3.63, 3.8) is 0 Å². The molecule has 0 fully saturated rings. The SMILES string of the molecule is CC(=O)Nc1ccc(NC(=O)c2cnc(Nc3ccncn3)s2)cc1. The number of thiazole rings is 1. The van der Waals surface area contributed by atoms with E-state index in [4.69, 9.17) is 0 Å². The van der Waals surface area contributed by atoms with Crippen LogP contribution in [-0.4, -0.2) is 26.8 Å². The molecule has 0 radical (unpaired) electrons. The molecule has 9 heteroatoms. The van der Waals surface area contributed by atoms with E-state index in [-0.39, 0.29) is 11.8 Å². The van der Waals surface area contributed by atoms with Crippen molar-refractivity contribution in [3.05, 3.63) is 53.9 Å². The molecule has 3 rings (SSSR count). The first-order chi connectivity index (χ1) is 12.1. The van der Waals surface area contributed by atoms with Gasteiger partial charge in [-0.05, 0) is 30.3 Å². The van der Waals surface area contributed by atoms with E-state index in [0.29, 0.717) is 27.2 Å². The van der Waals surface area contributed by atoms with Crippen LogP contribution in [0.4, 0.5) is 22.3 Å². The highest BCUT2D eigenvalue weighted by atomic mass is 32.1. The van der Waals surface area contributed by atoms with Crippen molar-refractivity contribution >= 4 is 45.5 Å². The minimum Gasteiger partial charge on any atom is -0.326 e. The molecular formula is C16H14N6O2S. The van der Waals surface area contributed by atoms with E-state index >= 15 is 0 Å². The Kier molecular flexibility index (Phi) is 4.95. The number of hydrogen-bond donors (Lipinski definition) is 3. The van der Waals surface area contributed by atoms with E-state index < -0.39 is 0 Å². The zero-order valence-electron chi connectivity index (χ0n) is 13.2. The van der Waals surface area contributed by atoms with Gasteiger partial charge in [0.2, 0.25) is 5.91 Å². The standard InChI is InChI=1S/C16H14N6O2S/c1-10(23)20-11-2-4-12(5-3-11)21-15(24)13-8-18-16(25-13)22-14-6-7-17-9-19-14/h2-9H,1H3,(H,20,23)(H,21,24)(H,17,18,19,22). The van der Waals surface area contributed by atoms with Crippen LogP contribution in [0.5, 0.6) is 0 Å². The highest BCUT2D eigenvalue weighted by molar-refractivity contribution is 7.17. The summed E-state index contributed by atoms with van der Waals surface area (Å²) in [6.07, 6.45) is 4.53. The molecular weight excluding hydrogens is 340 g/mol. The Labute approximate surface area is 147 Å². The molecule has 0 aliphatic carbocycles. The zero-order chi connectivity index (χ0) is 17.6. The van der Waals surface area contributed by atoms with Gasteiger partial charge in [0, 0.05) is 24.5 Å². The smallest absolute Gasteiger partial charge is 0.267 e. The first-order valence-corrected chi connectivity index (χ1v) is 8.10. The highest BCUT2D eigenvalue weighted by Crippen LogP contribution is 2.22. The Balaban J connectivity index is 1.62. The topological polar surface area (TPSA) is 109 Å². The minimum atomic E-state index is -0.263. The summed E-state index contributed by atoms with van der Waals surface area (Å²) < 4.78 is 0. The number of aromatic nitrogens is 3. The third-order valence-electron chi connectivity index (χ3n) is 3.01. The quantitative estimate of drug-likeness (QED) is 0.650. The summed E-state index contributed by atoms with van der Waals surface area (Å²) >= 11 is 1.21. The molecule has 0 aliphatic heterocycles. The largest absolute Gasteiger partial charge is 0.326 e. The summed E-state index contributed by atoms with van der Waals surface area (Å²) in [5, 5.41) is 9.01. The Morgan fingerprint density at radius 3 is 2.36 bits per heavy atom. The lowest BCUT2D eigenvalue weighted by Gasteiger charge is -2.05. The van der Waals surface area contributed by atoms with E-state index in [1.807, 2.05) is 0 Å². The van der Waals surface area contributed by atoms with Gasteiger partial charge in [-0.1, -0.05) is 11.3 Å². The van der Waals surface area contributed by atoms with Gasteiger partial charge in [-0.15, -0.1) is 0 Å². The van der Waals surface area contributed by atoms with E-state index in [1.54, 1.807) is 36.5 Å². The summed E-state index contributed by atoms with van der Waals surface area (Å²) in [7, 11) is 0. The number of benzene rings is 1. The maximum Gasteiger partial charge on any atom is 0.267 e. The summed E-state index contributed by atoms with van der Waals surface area (Å²) in [5.74, 6) is 0.190. The van der Waals surface area contributed by atoms with Gasteiger partial charge in [0.05, 0.1) is 6.20 Å². The van der Waals surface area contributed by atoms with Crippen molar-refractivity contribution in [2.24, 2.45) is 0 Å². The van der Waals surface area contributed by atoms with Gasteiger partial charge in [0.1, 0.15) is 17.0 Å².